The molecule has 8 heteroatoms. The van der Waals surface area contributed by atoms with E-state index in [1.807, 2.05) is 6.92 Å². The number of carbonyl (C=O) groups is 3. The number of amides is 1. The van der Waals surface area contributed by atoms with E-state index < -0.39 is 11.9 Å². The van der Waals surface area contributed by atoms with Crippen molar-refractivity contribution in [3.05, 3.63) is 34.8 Å². The lowest BCUT2D eigenvalue weighted by molar-refractivity contribution is -0.137. The number of rotatable bonds is 6. The van der Waals surface area contributed by atoms with Crippen LogP contribution in [0.3, 0.4) is 0 Å². The van der Waals surface area contributed by atoms with Crippen LogP contribution in [-0.4, -0.2) is 37.5 Å². The molecule has 0 radical (unpaired) electrons. The lowest BCUT2D eigenvalue weighted by Crippen LogP contribution is -2.16. The van der Waals surface area contributed by atoms with Crippen LogP contribution in [-0.2, 0) is 17.8 Å². The number of anilines is 1. The molecule has 2 aromatic heterocycles. The second kappa shape index (κ2) is 6.47. The summed E-state index contributed by atoms with van der Waals surface area (Å²) in [4.78, 5) is 37.7. The van der Waals surface area contributed by atoms with Crippen molar-refractivity contribution >= 4 is 23.5 Å². The van der Waals surface area contributed by atoms with E-state index in [0.29, 0.717) is 28.9 Å². The molecule has 0 fully saturated rings. The number of carboxylic acids is 1. The van der Waals surface area contributed by atoms with Gasteiger partial charge in [-0.2, -0.15) is 5.10 Å². The first-order chi connectivity index (χ1) is 10.8. The minimum absolute atomic E-state index is 0.0969. The molecule has 0 unspecified atom stereocenters. The quantitative estimate of drug-likeness (QED) is 0.700. The Morgan fingerprint density at radius 2 is 2.09 bits per heavy atom. The van der Waals surface area contributed by atoms with Crippen molar-refractivity contribution in [2.75, 3.05) is 5.32 Å². The van der Waals surface area contributed by atoms with E-state index >= 15 is 0 Å². The van der Waals surface area contributed by atoms with Gasteiger partial charge in [0, 0.05) is 23.5 Å². The fourth-order valence-electron chi connectivity index (χ4n) is 2.53. The number of nitrogens with one attached hydrogen (secondary N) is 2. The second-order valence-electron chi connectivity index (χ2n) is 5.13. The maximum absolute atomic E-state index is 12.4. The van der Waals surface area contributed by atoms with Gasteiger partial charge in [-0.1, -0.05) is 6.92 Å². The Morgan fingerprint density at radius 1 is 1.39 bits per heavy atom. The van der Waals surface area contributed by atoms with Crippen LogP contribution in [0.4, 0.5) is 5.82 Å². The molecule has 0 atom stereocenters. The van der Waals surface area contributed by atoms with Crippen LogP contribution in [0.15, 0.2) is 12.3 Å². The normalized spacial score (nSPS) is 10.6. The molecule has 8 nitrogen and oxygen atoms in total. The van der Waals surface area contributed by atoms with Gasteiger partial charge in [0.2, 0.25) is 0 Å². The molecule has 0 saturated carbocycles. The molecule has 0 aliphatic carbocycles. The third-order valence-electron chi connectivity index (χ3n) is 3.40. The summed E-state index contributed by atoms with van der Waals surface area (Å²) in [6.45, 7) is 4.79. The summed E-state index contributed by atoms with van der Waals surface area (Å²) in [6, 6.07) is 1.51. The van der Waals surface area contributed by atoms with Crippen LogP contribution in [0.2, 0.25) is 0 Å². The highest BCUT2D eigenvalue weighted by Crippen LogP contribution is 2.21. The molecule has 2 heterocycles. The van der Waals surface area contributed by atoms with E-state index in [0.717, 1.165) is 0 Å². The van der Waals surface area contributed by atoms with E-state index in [-0.39, 0.29) is 18.1 Å². The predicted octanol–water partition coefficient (Wildman–Crippen LogP) is 1.62. The molecule has 0 aliphatic rings. The van der Waals surface area contributed by atoms with Gasteiger partial charge in [0.15, 0.2) is 11.6 Å². The summed E-state index contributed by atoms with van der Waals surface area (Å²) in [5, 5.41) is 15.3. The van der Waals surface area contributed by atoms with Crippen LogP contribution in [0.5, 0.6) is 0 Å². The number of carboxylic acid groups (broad SMARTS) is 1. The average molecular weight is 318 g/mol. The summed E-state index contributed by atoms with van der Waals surface area (Å²) in [5.74, 6) is -1.29. The zero-order chi connectivity index (χ0) is 17.1. The van der Waals surface area contributed by atoms with E-state index in [1.54, 1.807) is 6.92 Å². The van der Waals surface area contributed by atoms with Crippen molar-refractivity contribution in [1.82, 2.24) is 14.8 Å². The molecule has 0 aliphatic heterocycles. The predicted molar refractivity (Wildman–Crippen MR) is 82.7 cm³/mol. The number of carbonyl (C=O) groups excluding carboxylic acids is 2. The van der Waals surface area contributed by atoms with Crippen molar-refractivity contribution in [3.63, 3.8) is 0 Å². The number of ketones is 1. The highest BCUT2D eigenvalue weighted by Gasteiger charge is 2.22. The van der Waals surface area contributed by atoms with Crippen LogP contribution < -0.4 is 5.32 Å². The maximum Gasteiger partial charge on any atom is 0.325 e. The van der Waals surface area contributed by atoms with Gasteiger partial charge in [0.1, 0.15) is 12.2 Å². The molecular weight excluding hydrogens is 300 g/mol. The molecule has 2 rings (SSSR count). The fourth-order valence-corrected chi connectivity index (χ4v) is 2.53. The van der Waals surface area contributed by atoms with Gasteiger partial charge < -0.3 is 15.4 Å². The van der Waals surface area contributed by atoms with Gasteiger partial charge in [-0.25, -0.2) is 0 Å². The zero-order valence-electron chi connectivity index (χ0n) is 13.1. The molecule has 23 heavy (non-hydrogen) atoms. The maximum atomic E-state index is 12.4. The van der Waals surface area contributed by atoms with Crippen molar-refractivity contribution in [3.8, 4) is 0 Å². The third kappa shape index (κ3) is 3.47. The Kier molecular flexibility index (Phi) is 4.63. The van der Waals surface area contributed by atoms with Crippen LogP contribution in [0.1, 0.15) is 46.0 Å². The average Bonchev–Trinajstić information content (AvgIpc) is 3.01. The first-order valence-electron chi connectivity index (χ1n) is 7.12. The van der Waals surface area contributed by atoms with Gasteiger partial charge in [-0.3, -0.25) is 19.1 Å². The summed E-state index contributed by atoms with van der Waals surface area (Å²) >= 11 is 0. The van der Waals surface area contributed by atoms with E-state index in [4.69, 9.17) is 5.11 Å². The van der Waals surface area contributed by atoms with Gasteiger partial charge in [0.25, 0.3) is 5.91 Å². The number of aryl methyl sites for hydroxylation is 1. The minimum Gasteiger partial charge on any atom is -0.480 e. The molecule has 0 saturated heterocycles. The van der Waals surface area contributed by atoms with Crippen molar-refractivity contribution in [2.45, 2.75) is 33.7 Å². The Hall–Kier alpha value is -2.90. The van der Waals surface area contributed by atoms with Gasteiger partial charge in [-0.05, 0) is 25.8 Å². The standard InChI is InChI=1S/C15H18N4O4/c1-4-10-13(9(3)20)8(2)16-14(10)15(23)17-11-5-6-19(18-11)7-12(21)22/h5-6,16H,4,7H2,1-3H3,(H,21,22)(H,17,18,23). The van der Waals surface area contributed by atoms with Crippen LogP contribution in [0.25, 0.3) is 0 Å². The summed E-state index contributed by atoms with van der Waals surface area (Å²) in [5.41, 5.74) is 2.17. The Labute approximate surface area is 132 Å². The number of H-pyrrole nitrogens is 1. The molecule has 0 spiro atoms. The van der Waals surface area contributed by atoms with Gasteiger partial charge in [-0.15, -0.1) is 0 Å². The number of hydrogen-bond donors (Lipinski definition) is 3. The number of aliphatic carboxylic acids is 1. The number of aromatic nitrogens is 3. The minimum atomic E-state index is -1.02. The molecular formula is C15H18N4O4. The highest BCUT2D eigenvalue weighted by atomic mass is 16.4. The van der Waals surface area contributed by atoms with Crippen LogP contribution >= 0.6 is 0 Å². The second-order valence-corrected chi connectivity index (χ2v) is 5.13. The monoisotopic (exact) mass is 318 g/mol. The van der Waals surface area contributed by atoms with E-state index in [2.05, 4.69) is 15.4 Å². The lowest BCUT2D eigenvalue weighted by atomic mass is 10.0. The summed E-state index contributed by atoms with van der Waals surface area (Å²) in [6.07, 6.45) is 2.00. The largest absolute Gasteiger partial charge is 0.480 e. The SMILES string of the molecule is CCc1c(C(=O)Nc2ccn(CC(=O)O)n2)[nH]c(C)c1C(C)=O. The molecule has 1 amide bonds. The van der Waals surface area contributed by atoms with Crippen molar-refractivity contribution in [2.24, 2.45) is 0 Å². The topological polar surface area (TPSA) is 117 Å². The molecule has 0 aromatic carbocycles. The Balaban J connectivity index is 2.24. The number of nitrogens with zero attached hydrogens (tertiary/aromatic N) is 2. The number of hydrogen-bond acceptors (Lipinski definition) is 4. The van der Waals surface area contributed by atoms with Crippen LogP contribution in [0, 0.1) is 6.92 Å². The lowest BCUT2D eigenvalue weighted by Gasteiger charge is -2.04. The smallest absolute Gasteiger partial charge is 0.325 e. The highest BCUT2D eigenvalue weighted by molar-refractivity contribution is 6.07. The van der Waals surface area contributed by atoms with Crippen molar-refractivity contribution < 1.29 is 19.5 Å². The molecule has 3 N–H and O–H groups in total. The third-order valence-corrected chi connectivity index (χ3v) is 3.40. The zero-order valence-corrected chi connectivity index (χ0v) is 13.1. The fraction of sp³-hybridized carbons (Fsp3) is 0.333. The first kappa shape index (κ1) is 16.5. The van der Waals surface area contributed by atoms with Crippen molar-refractivity contribution in [1.29, 1.82) is 0 Å². The van der Waals surface area contributed by atoms with Gasteiger partial charge in [0.05, 0.1) is 0 Å². The number of aromatic amines is 1. The molecule has 122 valence electrons. The summed E-state index contributed by atoms with van der Waals surface area (Å²) in [7, 11) is 0. The van der Waals surface area contributed by atoms with Gasteiger partial charge >= 0.3 is 5.97 Å². The summed E-state index contributed by atoms with van der Waals surface area (Å²) < 4.78 is 1.21. The first-order valence-corrected chi connectivity index (χ1v) is 7.12. The van der Waals surface area contributed by atoms with E-state index in [1.165, 1.54) is 23.9 Å². The Bertz CT molecular complexity index is 773. The molecule has 0 bridgehead atoms. The van der Waals surface area contributed by atoms with E-state index in [9.17, 15) is 14.4 Å². The Morgan fingerprint density at radius 3 is 2.65 bits per heavy atom. The molecule has 2 aromatic rings. The number of Topliss-reactive ketones (excluding diaryl/α,β-unsaturated/α-hetero) is 1.